The zero-order valence-corrected chi connectivity index (χ0v) is 14.2. The number of benzene rings is 1. The molecule has 1 aliphatic rings. The second-order valence-electron chi connectivity index (χ2n) is 6.39. The van der Waals surface area contributed by atoms with Crippen molar-refractivity contribution in [1.29, 1.82) is 0 Å². The summed E-state index contributed by atoms with van der Waals surface area (Å²) in [7, 11) is 2.03. The van der Waals surface area contributed by atoms with Crippen molar-refractivity contribution in [2.45, 2.75) is 12.6 Å². The lowest BCUT2D eigenvalue weighted by molar-refractivity contribution is 0.00825. The number of nitrogens with zero attached hydrogens (tertiary/aromatic N) is 4. The molecule has 0 aliphatic carbocycles. The summed E-state index contributed by atoms with van der Waals surface area (Å²) in [5.74, 6) is 0. The predicted octanol–water partition coefficient (Wildman–Crippen LogP) is 0.997. The van der Waals surface area contributed by atoms with Crippen LogP contribution in [-0.2, 0) is 11.3 Å². The third-order valence-corrected chi connectivity index (χ3v) is 4.20. The Morgan fingerprint density at radius 1 is 1.25 bits per heavy atom. The molecule has 0 bridgehead atoms. The molecule has 2 heterocycles. The number of aliphatic hydroxyl groups is 1. The Labute approximate surface area is 143 Å². The quantitative estimate of drug-likeness (QED) is 0.821. The third-order valence-electron chi connectivity index (χ3n) is 4.20. The van der Waals surface area contributed by atoms with Gasteiger partial charge in [-0.25, -0.2) is 4.68 Å². The Kier molecular flexibility index (Phi) is 5.98. The number of hydrogen-bond donors (Lipinski definition) is 1. The Morgan fingerprint density at radius 3 is 2.75 bits per heavy atom. The maximum Gasteiger partial charge on any atom is 0.0793 e. The van der Waals surface area contributed by atoms with Gasteiger partial charge in [-0.05, 0) is 19.2 Å². The van der Waals surface area contributed by atoms with Gasteiger partial charge in [0.25, 0.3) is 0 Å². The predicted molar refractivity (Wildman–Crippen MR) is 93.2 cm³/mol. The molecule has 1 atom stereocenters. The van der Waals surface area contributed by atoms with E-state index in [1.165, 1.54) is 0 Å². The van der Waals surface area contributed by atoms with Crippen LogP contribution >= 0.6 is 0 Å². The van der Waals surface area contributed by atoms with Crippen molar-refractivity contribution < 1.29 is 9.84 Å². The van der Waals surface area contributed by atoms with Crippen molar-refractivity contribution >= 4 is 0 Å². The van der Waals surface area contributed by atoms with E-state index in [-0.39, 0.29) is 6.10 Å². The molecule has 1 N–H and O–H groups in total. The van der Waals surface area contributed by atoms with E-state index in [0.717, 1.165) is 44.1 Å². The molecule has 0 radical (unpaired) electrons. The van der Waals surface area contributed by atoms with E-state index in [4.69, 9.17) is 4.74 Å². The molecule has 1 unspecified atom stereocenters. The van der Waals surface area contributed by atoms with Gasteiger partial charge in [-0.15, -0.1) is 0 Å². The minimum absolute atomic E-state index is 0.350. The molecule has 6 heteroatoms. The summed E-state index contributed by atoms with van der Waals surface area (Å²) in [5.41, 5.74) is 2.19. The second kappa shape index (κ2) is 8.39. The van der Waals surface area contributed by atoms with E-state index in [2.05, 4.69) is 14.9 Å². The first-order chi connectivity index (χ1) is 11.7. The van der Waals surface area contributed by atoms with E-state index in [0.29, 0.717) is 13.1 Å². The van der Waals surface area contributed by atoms with Crippen LogP contribution in [0.1, 0.15) is 5.56 Å². The highest BCUT2D eigenvalue weighted by molar-refractivity contribution is 5.30. The SMILES string of the molecule is CN(Cc1cnn(-c2ccccc2)c1)CC(O)CN1CCOCC1. The molecule has 24 heavy (non-hydrogen) atoms. The summed E-state index contributed by atoms with van der Waals surface area (Å²) in [6.07, 6.45) is 3.58. The summed E-state index contributed by atoms with van der Waals surface area (Å²) < 4.78 is 7.22. The molecule has 6 nitrogen and oxygen atoms in total. The maximum absolute atomic E-state index is 10.3. The summed E-state index contributed by atoms with van der Waals surface area (Å²) >= 11 is 0. The van der Waals surface area contributed by atoms with Crippen molar-refractivity contribution in [3.05, 3.63) is 48.3 Å². The Hall–Kier alpha value is -1.73. The molecule has 130 valence electrons. The fraction of sp³-hybridized carbons (Fsp3) is 0.500. The zero-order valence-electron chi connectivity index (χ0n) is 14.2. The molecule has 0 amide bonds. The van der Waals surface area contributed by atoms with E-state index in [9.17, 15) is 5.11 Å². The average molecular weight is 330 g/mol. The number of morpholine rings is 1. The molecule has 0 saturated carbocycles. The molecule has 1 aromatic carbocycles. The van der Waals surface area contributed by atoms with E-state index >= 15 is 0 Å². The van der Waals surface area contributed by atoms with Gasteiger partial charge in [0.2, 0.25) is 0 Å². The smallest absolute Gasteiger partial charge is 0.0793 e. The molecule has 1 aliphatic heterocycles. The lowest BCUT2D eigenvalue weighted by Crippen LogP contribution is -2.43. The first-order valence-corrected chi connectivity index (χ1v) is 8.46. The Balaban J connectivity index is 1.48. The van der Waals surface area contributed by atoms with Crippen LogP contribution in [0.25, 0.3) is 5.69 Å². The molecular weight excluding hydrogens is 304 g/mol. The first-order valence-electron chi connectivity index (χ1n) is 8.46. The molecule has 1 saturated heterocycles. The Morgan fingerprint density at radius 2 is 2.00 bits per heavy atom. The van der Waals surface area contributed by atoms with Gasteiger partial charge in [0.1, 0.15) is 0 Å². The summed E-state index contributed by atoms with van der Waals surface area (Å²) in [6.45, 7) is 5.47. The molecule has 2 aromatic rings. The summed E-state index contributed by atoms with van der Waals surface area (Å²) in [4.78, 5) is 4.40. The standard InChI is InChI=1S/C18H26N4O2/c1-20(14-18(23)15-21-7-9-24-10-8-21)12-16-11-19-22(13-16)17-5-3-2-4-6-17/h2-6,11,13,18,23H,7-10,12,14-15H2,1H3. The van der Waals surface area contributed by atoms with Crippen LogP contribution < -0.4 is 0 Å². The number of ether oxygens (including phenoxy) is 1. The third kappa shape index (κ3) is 4.88. The van der Waals surface area contributed by atoms with Gasteiger partial charge in [0, 0.05) is 44.5 Å². The van der Waals surface area contributed by atoms with Crippen molar-refractivity contribution in [2.75, 3.05) is 46.4 Å². The molecule has 1 fully saturated rings. The normalized spacial score (nSPS) is 17.3. The van der Waals surface area contributed by atoms with Crippen LogP contribution in [0, 0.1) is 0 Å². The molecule has 3 rings (SSSR count). The van der Waals surface area contributed by atoms with Gasteiger partial charge in [-0.3, -0.25) is 9.80 Å². The van der Waals surface area contributed by atoms with E-state index in [1.807, 2.05) is 54.5 Å². The monoisotopic (exact) mass is 330 g/mol. The van der Waals surface area contributed by atoms with Gasteiger partial charge in [-0.2, -0.15) is 5.10 Å². The highest BCUT2D eigenvalue weighted by atomic mass is 16.5. The van der Waals surface area contributed by atoms with Crippen molar-refractivity contribution in [1.82, 2.24) is 19.6 Å². The highest BCUT2D eigenvalue weighted by Gasteiger charge is 2.16. The minimum Gasteiger partial charge on any atom is -0.390 e. The number of aromatic nitrogens is 2. The van der Waals surface area contributed by atoms with E-state index in [1.54, 1.807) is 0 Å². The van der Waals surface area contributed by atoms with Crippen LogP contribution in [-0.4, -0.2) is 77.2 Å². The van der Waals surface area contributed by atoms with Crippen LogP contribution in [0.3, 0.4) is 0 Å². The number of aliphatic hydroxyl groups excluding tert-OH is 1. The lowest BCUT2D eigenvalue weighted by Gasteiger charge is -2.30. The zero-order chi connectivity index (χ0) is 16.8. The first kappa shape index (κ1) is 17.1. The van der Waals surface area contributed by atoms with Crippen LogP contribution in [0.15, 0.2) is 42.7 Å². The van der Waals surface area contributed by atoms with Crippen LogP contribution in [0.5, 0.6) is 0 Å². The average Bonchev–Trinajstić information content (AvgIpc) is 3.04. The molecule has 1 aromatic heterocycles. The van der Waals surface area contributed by atoms with Gasteiger partial charge in [-0.1, -0.05) is 18.2 Å². The number of hydrogen-bond acceptors (Lipinski definition) is 5. The highest BCUT2D eigenvalue weighted by Crippen LogP contribution is 2.09. The summed E-state index contributed by atoms with van der Waals surface area (Å²) in [6, 6.07) is 10.1. The van der Waals surface area contributed by atoms with Crippen LogP contribution in [0.4, 0.5) is 0 Å². The van der Waals surface area contributed by atoms with Gasteiger partial charge in [0.05, 0.1) is 31.2 Å². The number of para-hydroxylation sites is 1. The fourth-order valence-corrected chi connectivity index (χ4v) is 3.04. The van der Waals surface area contributed by atoms with Gasteiger partial charge < -0.3 is 9.84 Å². The number of β-amino-alcohol motifs (C(OH)–C–C–N with tert-alkyl or cyclic N) is 1. The second-order valence-corrected chi connectivity index (χ2v) is 6.39. The minimum atomic E-state index is -0.350. The molecular formula is C18H26N4O2. The van der Waals surface area contributed by atoms with Gasteiger partial charge in [0.15, 0.2) is 0 Å². The topological polar surface area (TPSA) is 53.8 Å². The fourth-order valence-electron chi connectivity index (χ4n) is 3.04. The maximum atomic E-state index is 10.3. The van der Waals surface area contributed by atoms with Crippen LogP contribution in [0.2, 0.25) is 0 Å². The number of likely N-dealkylation sites (N-methyl/N-ethyl adjacent to an activating group) is 1. The van der Waals surface area contributed by atoms with E-state index < -0.39 is 0 Å². The number of rotatable bonds is 7. The van der Waals surface area contributed by atoms with Crippen molar-refractivity contribution in [3.8, 4) is 5.69 Å². The lowest BCUT2D eigenvalue weighted by atomic mass is 10.2. The summed E-state index contributed by atoms with van der Waals surface area (Å²) in [5, 5.41) is 14.7. The van der Waals surface area contributed by atoms with Crippen molar-refractivity contribution in [3.63, 3.8) is 0 Å². The Bertz CT molecular complexity index is 610. The largest absolute Gasteiger partial charge is 0.390 e. The van der Waals surface area contributed by atoms with Gasteiger partial charge >= 0.3 is 0 Å². The molecule has 0 spiro atoms. The van der Waals surface area contributed by atoms with Crippen molar-refractivity contribution in [2.24, 2.45) is 0 Å².